The lowest BCUT2D eigenvalue weighted by atomic mass is 9.88. The van der Waals surface area contributed by atoms with E-state index in [1.165, 1.54) is 73.7 Å². The summed E-state index contributed by atoms with van der Waals surface area (Å²) in [5.74, 6) is -0.568. The maximum absolute atomic E-state index is 14.0. The van der Waals surface area contributed by atoms with E-state index in [0.29, 0.717) is 25.0 Å². The highest BCUT2D eigenvalue weighted by atomic mass is 19.1. The maximum Gasteiger partial charge on any atom is 0.149 e. The van der Waals surface area contributed by atoms with Gasteiger partial charge in [0.05, 0.1) is 0 Å². The van der Waals surface area contributed by atoms with Crippen molar-refractivity contribution in [3.63, 3.8) is 0 Å². The zero-order chi connectivity index (χ0) is 18.4. The summed E-state index contributed by atoms with van der Waals surface area (Å²) < 4.78 is 27.9. The van der Waals surface area contributed by atoms with Gasteiger partial charge in [-0.05, 0) is 67.6 Å². The molecule has 2 heterocycles. The topological polar surface area (TPSA) is 6.48 Å². The molecule has 2 aliphatic heterocycles. The van der Waals surface area contributed by atoms with Gasteiger partial charge in [-0.3, -0.25) is 4.90 Å². The first kappa shape index (κ1) is 17.2. The standard InChI is InChI=1S/C23H26F2N2/c24-20-5-4-6-21(25)23(20)27-14-18(15-27)16-7-9-19-17(13-16)8-10-22(19)26-11-2-1-3-12-26/h4-7,9,13,18,22H,1-3,8,10-12,14-15H2. The maximum atomic E-state index is 14.0. The second kappa shape index (κ2) is 6.90. The van der Waals surface area contributed by atoms with Crippen molar-refractivity contribution in [2.45, 2.75) is 44.1 Å². The lowest BCUT2D eigenvalue weighted by Crippen LogP contribution is -2.46. The Morgan fingerprint density at radius 3 is 2.37 bits per heavy atom. The molecule has 0 bridgehead atoms. The second-order valence-corrected chi connectivity index (χ2v) is 8.28. The van der Waals surface area contributed by atoms with Gasteiger partial charge in [-0.2, -0.15) is 0 Å². The number of anilines is 1. The van der Waals surface area contributed by atoms with Crippen LogP contribution >= 0.6 is 0 Å². The van der Waals surface area contributed by atoms with Gasteiger partial charge in [-0.1, -0.05) is 30.7 Å². The van der Waals surface area contributed by atoms with Crippen LogP contribution in [0.5, 0.6) is 0 Å². The van der Waals surface area contributed by atoms with Crippen LogP contribution in [0.1, 0.15) is 54.3 Å². The van der Waals surface area contributed by atoms with Crippen LogP contribution in [-0.4, -0.2) is 31.1 Å². The third kappa shape index (κ3) is 3.04. The number of rotatable bonds is 3. The van der Waals surface area contributed by atoms with E-state index in [2.05, 4.69) is 23.1 Å². The number of hydrogen-bond donors (Lipinski definition) is 0. The Morgan fingerprint density at radius 1 is 0.889 bits per heavy atom. The Balaban J connectivity index is 1.30. The van der Waals surface area contributed by atoms with Crippen molar-refractivity contribution in [3.05, 3.63) is 64.7 Å². The average molecular weight is 368 g/mol. The van der Waals surface area contributed by atoms with Crippen molar-refractivity contribution >= 4 is 5.69 Å². The van der Waals surface area contributed by atoms with Gasteiger partial charge in [-0.25, -0.2) is 8.78 Å². The lowest BCUT2D eigenvalue weighted by molar-refractivity contribution is 0.163. The summed E-state index contributed by atoms with van der Waals surface area (Å²) in [4.78, 5) is 4.49. The smallest absolute Gasteiger partial charge is 0.149 e. The highest BCUT2D eigenvalue weighted by molar-refractivity contribution is 5.53. The molecule has 3 aliphatic rings. The number of nitrogens with zero attached hydrogens (tertiary/aromatic N) is 2. The van der Waals surface area contributed by atoms with Crippen molar-refractivity contribution in [1.82, 2.24) is 4.90 Å². The van der Waals surface area contributed by atoms with Gasteiger partial charge < -0.3 is 4.90 Å². The molecule has 4 heteroatoms. The zero-order valence-electron chi connectivity index (χ0n) is 15.6. The molecule has 0 aromatic heterocycles. The molecule has 2 aromatic rings. The fraction of sp³-hybridized carbons (Fsp3) is 0.478. The van der Waals surface area contributed by atoms with Gasteiger partial charge in [0.15, 0.2) is 0 Å². The van der Waals surface area contributed by atoms with E-state index in [1.807, 2.05) is 4.90 Å². The highest BCUT2D eigenvalue weighted by Crippen LogP contribution is 2.40. The van der Waals surface area contributed by atoms with Crippen LogP contribution < -0.4 is 4.90 Å². The Labute approximate surface area is 159 Å². The fourth-order valence-corrected chi connectivity index (χ4v) is 5.14. The number of piperidine rings is 1. The summed E-state index contributed by atoms with van der Waals surface area (Å²) in [5.41, 5.74) is 4.44. The summed E-state index contributed by atoms with van der Waals surface area (Å²) in [7, 11) is 0. The van der Waals surface area contributed by atoms with E-state index in [9.17, 15) is 8.78 Å². The summed E-state index contributed by atoms with van der Waals surface area (Å²) in [6, 6.07) is 11.6. The van der Waals surface area contributed by atoms with Gasteiger partial charge in [0.25, 0.3) is 0 Å². The molecule has 142 valence electrons. The van der Waals surface area contributed by atoms with Crippen molar-refractivity contribution < 1.29 is 8.78 Å². The highest BCUT2D eigenvalue weighted by Gasteiger charge is 2.34. The molecule has 1 unspecified atom stereocenters. The lowest BCUT2D eigenvalue weighted by Gasteiger charge is -2.41. The molecule has 2 nitrogen and oxygen atoms in total. The van der Waals surface area contributed by atoms with Crippen molar-refractivity contribution in [3.8, 4) is 0 Å². The SMILES string of the molecule is Fc1cccc(F)c1N1CC(c2ccc3c(c2)CCC3N2CCCCC2)C1. The summed E-state index contributed by atoms with van der Waals surface area (Å²) in [6.45, 7) is 3.84. The Morgan fingerprint density at radius 2 is 1.63 bits per heavy atom. The molecule has 2 saturated heterocycles. The average Bonchev–Trinajstić information content (AvgIpc) is 3.07. The monoisotopic (exact) mass is 368 g/mol. The molecule has 27 heavy (non-hydrogen) atoms. The largest absolute Gasteiger partial charge is 0.365 e. The van der Waals surface area contributed by atoms with Crippen LogP contribution in [0.2, 0.25) is 0 Å². The van der Waals surface area contributed by atoms with Crippen LogP contribution in [0, 0.1) is 11.6 Å². The Kier molecular flexibility index (Phi) is 4.39. The van der Waals surface area contributed by atoms with E-state index in [1.54, 1.807) is 0 Å². The van der Waals surface area contributed by atoms with Crippen molar-refractivity contribution in [2.24, 2.45) is 0 Å². The summed E-state index contributed by atoms with van der Waals surface area (Å²) in [5, 5.41) is 0. The third-order valence-corrected chi connectivity index (χ3v) is 6.65. The molecule has 0 radical (unpaired) electrons. The number of likely N-dealkylation sites (tertiary alicyclic amines) is 1. The van der Waals surface area contributed by atoms with Crippen LogP contribution in [0.4, 0.5) is 14.5 Å². The Hall–Kier alpha value is -1.94. The van der Waals surface area contributed by atoms with Gasteiger partial charge in [0.2, 0.25) is 0 Å². The zero-order valence-corrected chi connectivity index (χ0v) is 15.6. The third-order valence-electron chi connectivity index (χ3n) is 6.65. The molecule has 0 N–H and O–H groups in total. The number of para-hydroxylation sites is 1. The minimum Gasteiger partial charge on any atom is -0.365 e. The Bertz CT molecular complexity index is 818. The van der Waals surface area contributed by atoms with E-state index in [0.717, 1.165) is 6.42 Å². The van der Waals surface area contributed by atoms with Gasteiger partial charge >= 0.3 is 0 Å². The number of halogens is 2. The first-order chi connectivity index (χ1) is 13.2. The van der Waals surface area contributed by atoms with Gasteiger partial charge in [0.1, 0.15) is 17.3 Å². The molecule has 1 atom stereocenters. The van der Waals surface area contributed by atoms with E-state index >= 15 is 0 Å². The predicted octanol–water partition coefficient (Wildman–Crippen LogP) is 5.04. The molecule has 5 rings (SSSR count). The van der Waals surface area contributed by atoms with E-state index < -0.39 is 11.6 Å². The number of hydrogen-bond acceptors (Lipinski definition) is 2. The van der Waals surface area contributed by atoms with Crippen molar-refractivity contribution in [2.75, 3.05) is 31.1 Å². The van der Waals surface area contributed by atoms with E-state index in [4.69, 9.17) is 0 Å². The minimum absolute atomic E-state index is 0.125. The predicted molar refractivity (Wildman–Crippen MR) is 104 cm³/mol. The van der Waals surface area contributed by atoms with Crippen LogP contribution in [0.15, 0.2) is 36.4 Å². The quantitative estimate of drug-likeness (QED) is 0.749. The number of fused-ring (bicyclic) bond motifs is 1. The van der Waals surface area contributed by atoms with Crippen molar-refractivity contribution in [1.29, 1.82) is 0 Å². The molecule has 0 spiro atoms. The normalized spacial score (nSPS) is 23.3. The molecular formula is C23H26F2N2. The van der Waals surface area contributed by atoms with Crippen LogP contribution in [-0.2, 0) is 6.42 Å². The first-order valence-corrected chi connectivity index (χ1v) is 10.3. The molecule has 2 aromatic carbocycles. The fourth-order valence-electron chi connectivity index (χ4n) is 5.14. The first-order valence-electron chi connectivity index (χ1n) is 10.3. The van der Waals surface area contributed by atoms with Gasteiger partial charge in [0, 0.05) is 25.0 Å². The van der Waals surface area contributed by atoms with Crippen LogP contribution in [0.25, 0.3) is 0 Å². The molecular weight excluding hydrogens is 342 g/mol. The van der Waals surface area contributed by atoms with E-state index in [-0.39, 0.29) is 5.69 Å². The van der Waals surface area contributed by atoms with Crippen LogP contribution in [0.3, 0.4) is 0 Å². The van der Waals surface area contributed by atoms with Gasteiger partial charge in [-0.15, -0.1) is 0 Å². The minimum atomic E-state index is -0.466. The number of benzene rings is 2. The number of aryl methyl sites for hydroxylation is 1. The summed E-state index contributed by atoms with van der Waals surface area (Å²) in [6.07, 6.45) is 6.41. The second-order valence-electron chi connectivity index (χ2n) is 8.28. The molecule has 1 aliphatic carbocycles. The molecule has 2 fully saturated rings. The molecule has 0 amide bonds. The summed E-state index contributed by atoms with van der Waals surface area (Å²) >= 11 is 0. The molecule has 0 saturated carbocycles.